The van der Waals surface area contributed by atoms with Gasteiger partial charge in [0, 0.05) is 12.0 Å². The standard InChI is InChI=1S/C15H22N2O/c1-3-10(2)14(16)15(18)17-13-9-12(13)11-7-5-4-6-8-11/h4-8,10,12-14H,3,9,16H2,1-2H3,(H,17,18). The predicted octanol–water partition coefficient (Wildman–Crippen LogP) is 2.03. The van der Waals surface area contributed by atoms with Gasteiger partial charge >= 0.3 is 0 Å². The maximum absolute atomic E-state index is 11.9. The maximum atomic E-state index is 11.9. The molecule has 0 spiro atoms. The number of benzene rings is 1. The molecule has 1 aromatic carbocycles. The lowest BCUT2D eigenvalue weighted by Gasteiger charge is -2.17. The second-order valence-corrected chi connectivity index (χ2v) is 5.28. The summed E-state index contributed by atoms with van der Waals surface area (Å²) in [4.78, 5) is 11.9. The van der Waals surface area contributed by atoms with Crippen LogP contribution in [0.2, 0.25) is 0 Å². The van der Waals surface area contributed by atoms with Gasteiger partial charge in [0.15, 0.2) is 0 Å². The number of amides is 1. The van der Waals surface area contributed by atoms with Crippen LogP contribution in [-0.4, -0.2) is 18.0 Å². The van der Waals surface area contributed by atoms with Crippen molar-refractivity contribution < 1.29 is 4.79 Å². The van der Waals surface area contributed by atoms with Gasteiger partial charge in [-0.3, -0.25) is 4.79 Å². The molecule has 0 saturated heterocycles. The van der Waals surface area contributed by atoms with Crippen LogP contribution in [0.1, 0.15) is 38.2 Å². The summed E-state index contributed by atoms with van der Waals surface area (Å²) >= 11 is 0. The number of carbonyl (C=O) groups excluding carboxylic acids is 1. The summed E-state index contributed by atoms with van der Waals surface area (Å²) in [5.41, 5.74) is 7.22. The van der Waals surface area contributed by atoms with Crippen LogP contribution < -0.4 is 11.1 Å². The van der Waals surface area contributed by atoms with Gasteiger partial charge in [-0.25, -0.2) is 0 Å². The molecule has 1 amide bonds. The van der Waals surface area contributed by atoms with Crippen molar-refractivity contribution >= 4 is 5.91 Å². The molecule has 3 heteroatoms. The normalized spacial score (nSPS) is 25.3. The quantitative estimate of drug-likeness (QED) is 0.835. The van der Waals surface area contributed by atoms with Gasteiger partial charge in [-0.1, -0.05) is 50.6 Å². The zero-order valence-corrected chi connectivity index (χ0v) is 11.1. The molecule has 0 aromatic heterocycles. The second-order valence-electron chi connectivity index (χ2n) is 5.28. The zero-order valence-electron chi connectivity index (χ0n) is 11.1. The first kappa shape index (κ1) is 13.1. The largest absolute Gasteiger partial charge is 0.351 e. The molecule has 2 rings (SSSR count). The van der Waals surface area contributed by atoms with Crippen LogP contribution in [0.5, 0.6) is 0 Å². The molecule has 0 bridgehead atoms. The van der Waals surface area contributed by atoms with Crippen LogP contribution in [0.15, 0.2) is 30.3 Å². The molecule has 98 valence electrons. The summed E-state index contributed by atoms with van der Waals surface area (Å²) < 4.78 is 0. The molecule has 0 aliphatic heterocycles. The zero-order chi connectivity index (χ0) is 13.1. The molecule has 1 saturated carbocycles. The average Bonchev–Trinajstić information content (AvgIpc) is 3.17. The van der Waals surface area contributed by atoms with Gasteiger partial charge < -0.3 is 11.1 Å². The molecular formula is C15H22N2O. The van der Waals surface area contributed by atoms with Crippen LogP contribution in [0, 0.1) is 5.92 Å². The van der Waals surface area contributed by atoms with E-state index < -0.39 is 0 Å². The highest BCUT2D eigenvalue weighted by Gasteiger charge is 2.40. The van der Waals surface area contributed by atoms with Crippen molar-refractivity contribution in [1.82, 2.24) is 5.32 Å². The van der Waals surface area contributed by atoms with Crippen LogP contribution in [0.3, 0.4) is 0 Å². The summed E-state index contributed by atoms with van der Waals surface area (Å²) in [6.07, 6.45) is 1.96. The molecule has 1 fully saturated rings. The van der Waals surface area contributed by atoms with Gasteiger partial charge in [0.1, 0.15) is 0 Å². The van der Waals surface area contributed by atoms with E-state index in [9.17, 15) is 4.79 Å². The summed E-state index contributed by atoms with van der Waals surface area (Å²) in [5.74, 6) is 0.700. The highest BCUT2D eigenvalue weighted by molar-refractivity contribution is 5.82. The van der Waals surface area contributed by atoms with Crippen LogP contribution >= 0.6 is 0 Å². The summed E-state index contributed by atoms with van der Waals surface area (Å²) in [6, 6.07) is 10.2. The Labute approximate surface area is 109 Å². The third-order valence-electron chi connectivity index (χ3n) is 3.91. The molecule has 4 unspecified atom stereocenters. The number of rotatable bonds is 5. The van der Waals surface area contributed by atoms with Crippen LogP contribution in [0.4, 0.5) is 0 Å². The smallest absolute Gasteiger partial charge is 0.237 e. The van der Waals surface area contributed by atoms with Gasteiger partial charge in [0.25, 0.3) is 0 Å². The Bertz CT molecular complexity index is 404. The molecule has 1 aliphatic carbocycles. The average molecular weight is 246 g/mol. The van der Waals surface area contributed by atoms with E-state index in [-0.39, 0.29) is 23.9 Å². The first-order chi connectivity index (χ1) is 8.63. The fourth-order valence-electron chi connectivity index (χ4n) is 2.21. The molecule has 1 aliphatic rings. The first-order valence-electron chi connectivity index (χ1n) is 6.74. The minimum atomic E-state index is -0.382. The number of carbonyl (C=O) groups is 1. The molecule has 3 nitrogen and oxygen atoms in total. The Morgan fingerprint density at radius 1 is 1.44 bits per heavy atom. The molecule has 18 heavy (non-hydrogen) atoms. The van der Waals surface area contributed by atoms with Crippen molar-refractivity contribution in [3.63, 3.8) is 0 Å². The second kappa shape index (κ2) is 5.53. The van der Waals surface area contributed by atoms with Crippen LogP contribution in [0.25, 0.3) is 0 Å². The van der Waals surface area contributed by atoms with Crippen molar-refractivity contribution in [2.24, 2.45) is 11.7 Å². The lowest BCUT2D eigenvalue weighted by molar-refractivity contribution is -0.123. The Balaban J connectivity index is 1.85. The number of hydrogen-bond donors (Lipinski definition) is 2. The van der Waals surface area contributed by atoms with E-state index >= 15 is 0 Å². The lowest BCUT2D eigenvalue weighted by Crippen LogP contribution is -2.45. The fourth-order valence-corrected chi connectivity index (χ4v) is 2.21. The van der Waals surface area contributed by atoms with Gasteiger partial charge in [-0.2, -0.15) is 0 Å². The Kier molecular flexibility index (Phi) is 4.02. The highest BCUT2D eigenvalue weighted by Crippen LogP contribution is 2.40. The van der Waals surface area contributed by atoms with E-state index in [2.05, 4.69) is 24.4 Å². The predicted molar refractivity (Wildman–Crippen MR) is 73.2 cm³/mol. The SMILES string of the molecule is CCC(C)C(N)C(=O)NC1CC1c1ccccc1. The Morgan fingerprint density at radius 2 is 2.11 bits per heavy atom. The molecule has 4 atom stereocenters. The van der Waals surface area contributed by atoms with E-state index in [0.29, 0.717) is 5.92 Å². The first-order valence-corrected chi connectivity index (χ1v) is 6.74. The maximum Gasteiger partial charge on any atom is 0.237 e. The lowest BCUT2D eigenvalue weighted by atomic mass is 9.99. The fraction of sp³-hybridized carbons (Fsp3) is 0.533. The van der Waals surface area contributed by atoms with Crippen molar-refractivity contribution in [1.29, 1.82) is 0 Å². The van der Waals surface area contributed by atoms with E-state index in [1.54, 1.807) is 0 Å². The Morgan fingerprint density at radius 3 is 2.72 bits per heavy atom. The summed E-state index contributed by atoms with van der Waals surface area (Å²) in [7, 11) is 0. The van der Waals surface area contributed by atoms with Gasteiger partial charge in [0.05, 0.1) is 6.04 Å². The topological polar surface area (TPSA) is 55.1 Å². The van der Waals surface area contributed by atoms with Gasteiger partial charge in [-0.05, 0) is 17.9 Å². The molecule has 0 heterocycles. The number of hydrogen-bond acceptors (Lipinski definition) is 2. The van der Waals surface area contributed by atoms with Gasteiger partial charge in [-0.15, -0.1) is 0 Å². The summed E-state index contributed by atoms with van der Waals surface area (Å²) in [5, 5.41) is 3.05. The summed E-state index contributed by atoms with van der Waals surface area (Å²) in [6.45, 7) is 4.08. The van der Waals surface area contributed by atoms with E-state index in [4.69, 9.17) is 5.73 Å². The van der Waals surface area contributed by atoms with Crippen molar-refractivity contribution in [2.75, 3.05) is 0 Å². The third kappa shape index (κ3) is 2.91. The monoisotopic (exact) mass is 246 g/mol. The van der Waals surface area contributed by atoms with E-state index in [1.165, 1.54) is 5.56 Å². The van der Waals surface area contributed by atoms with Crippen molar-refractivity contribution in [3.8, 4) is 0 Å². The minimum Gasteiger partial charge on any atom is -0.351 e. The molecule has 1 aromatic rings. The molecule has 0 radical (unpaired) electrons. The van der Waals surface area contributed by atoms with Crippen molar-refractivity contribution in [3.05, 3.63) is 35.9 Å². The third-order valence-corrected chi connectivity index (χ3v) is 3.91. The molecule has 3 N–H and O–H groups in total. The highest BCUT2D eigenvalue weighted by atomic mass is 16.2. The minimum absolute atomic E-state index is 0.00668. The number of nitrogens with two attached hydrogens (primary N) is 1. The number of nitrogens with one attached hydrogen (secondary N) is 1. The van der Waals surface area contributed by atoms with Crippen molar-refractivity contribution in [2.45, 2.75) is 44.7 Å². The van der Waals surface area contributed by atoms with Crippen LogP contribution in [-0.2, 0) is 4.79 Å². The Hall–Kier alpha value is -1.35. The van der Waals surface area contributed by atoms with E-state index in [1.807, 2.05) is 25.1 Å². The van der Waals surface area contributed by atoms with E-state index in [0.717, 1.165) is 12.8 Å². The van der Waals surface area contributed by atoms with Gasteiger partial charge in [0.2, 0.25) is 5.91 Å². The molecular weight excluding hydrogens is 224 g/mol.